The quantitative estimate of drug-likeness (QED) is 0.607. The maximum Gasteiger partial charge on any atom is 0.212 e. The molecular formula is C22H24N2O4. The first kappa shape index (κ1) is 19.6. The lowest BCUT2D eigenvalue weighted by atomic mass is 9.91. The average molecular weight is 380 g/mol. The SMILES string of the molecule is COc1ccc2c(C(=O)c3ccc(OC)nc3)cn(CC(=O)C(C)(C)C)c2c1. The fourth-order valence-electron chi connectivity index (χ4n) is 2.89. The fraction of sp³-hybridized carbons (Fsp3) is 0.318. The minimum Gasteiger partial charge on any atom is -0.497 e. The van der Waals surface area contributed by atoms with Gasteiger partial charge in [0.2, 0.25) is 5.88 Å². The van der Waals surface area contributed by atoms with E-state index in [4.69, 9.17) is 9.47 Å². The Balaban J connectivity index is 2.09. The highest BCUT2D eigenvalue weighted by molar-refractivity contribution is 6.16. The predicted octanol–water partition coefficient (Wildman–Crippen LogP) is 3.90. The molecule has 146 valence electrons. The van der Waals surface area contributed by atoms with Crippen LogP contribution in [-0.4, -0.2) is 35.3 Å². The van der Waals surface area contributed by atoms with Crippen LogP contribution in [0.25, 0.3) is 10.9 Å². The topological polar surface area (TPSA) is 70.4 Å². The summed E-state index contributed by atoms with van der Waals surface area (Å²) in [4.78, 5) is 29.8. The molecular weight excluding hydrogens is 356 g/mol. The van der Waals surface area contributed by atoms with Crippen LogP contribution in [0.2, 0.25) is 0 Å². The molecule has 0 fully saturated rings. The third kappa shape index (κ3) is 3.76. The van der Waals surface area contributed by atoms with E-state index in [0.717, 1.165) is 10.9 Å². The molecule has 0 bridgehead atoms. The Kier molecular flexibility index (Phi) is 5.23. The summed E-state index contributed by atoms with van der Waals surface area (Å²) in [6.07, 6.45) is 3.23. The Morgan fingerprint density at radius 3 is 2.39 bits per heavy atom. The molecule has 2 aromatic heterocycles. The number of hydrogen-bond acceptors (Lipinski definition) is 5. The van der Waals surface area contributed by atoms with Gasteiger partial charge in [0.1, 0.15) is 5.75 Å². The third-order valence-corrected chi connectivity index (χ3v) is 4.69. The average Bonchev–Trinajstić information content (AvgIpc) is 3.04. The Labute approximate surface area is 164 Å². The van der Waals surface area contributed by atoms with Crippen LogP contribution in [0, 0.1) is 5.41 Å². The molecule has 6 nitrogen and oxygen atoms in total. The van der Waals surface area contributed by atoms with Gasteiger partial charge in [-0.25, -0.2) is 4.98 Å². The number of ketones is 2. The standard InChI is InChI=1S/C22H24N2O4/c1-22(2,3)19(25)13-24-12-17(16-8-7-15(27-4)10-18(16)24)21(26)14-6-9-20(28-5)23-11-14/h6-12H,13H2,1-5H3. The first-order valence-electron chi connectivity index (χ1n) is 8.99. The van der Waals surface area contributed by atoms with Crippen LogP contribution in [-0.2, 0) is 11.3 Å². The van der Waals surface area contributed by atoms with E-state index in [1.165, 1.54) is 13.3 Å². The fourth-order valence-corrected chi connectivity index (χ4v) is 2.89. The van der Waals surface area contributed by atoms with Gasteiger partial charge in [0.05, 0.1) is 26.3 Å². The Morgan fingerprint density at radius 1 is 1.07 bits per heavy atom. The zero-order valence-electron chi connectivity index (χ0n) is 16.8. The molecule has 1 aromatic carbocycles. The molecule has 28 heavy (non-hydrogen) atoms. The molecule has 3 rings (SSSR count). The van der Waals surface area contributed by atoms with Gasteiger partial charge in [-0.15, -0.1) is 0 Å². The van der Waals surface area contributed by atoms with E-state index in [2.05, 4.69) is 4.98 Å². The van der Waals surface area contributed by atoms with Crippen molar-refractivity contribution in [2.45, 2.75) is 27.3 Å². The summed E-state index contributed by atoms with van der Waals surface area (Å²) in [5.41, 5.74) is 1.28. The first-order chi connectivity index (χ1) is 13.2. The van der Waals surface area contributed by atoms with Crippen molar-refractivity contribution in [1.29, 1.82) is 0 Å². The molecule has 0 aliphatic carbocycles. The van der Waals surface area contributed by atoms with Gasteiger partial charge >= 0.3 is 0 Å². The number of methoxy groups -OCH3 is 2. The van der Waals surface area contributed by atoms with Gasteiger partial charge in [0.25, 0.3) is 0 Å². The van der Waals surface area contributed by atoms with Crippen molar-refractivity contribution in [3.63, 3.8) is 0 Å². The van der Waals surface area contributed by atoms with Crippen molar-refractivity contribution in [3.8, 4) is 11.6 Å². The van der Waals surface area contributed by atoms with Crippen molar-refractivity contribution in [3.05, 3.63) is 53.9 Å². The number of aromatic nitrogens is 2. The van der Waals surface area contributed by atoms with Gasteiger partial charge in [0.15, 0.2) is 11.6 Å². The maximum absolute atomic E-state index is 13.1. The van der Waals surface area contributed by atoms with Crippen LogP contribution in [0.4, 0.5) is 0 Å². The summed E-state index contributed by atoms with van der Waals surface area (Å²) < 4.78 is 12.2. The normalized spacial score (nSPS) is 11.5. The molecule has 0 aliphatic rings. The summed E-state index contributed by atoms with van der Waals surface area (Å²) in [6, 6.07) is 8.83. The molecule has 0 amide bonds. The maximum atomic E-state index is 13.1. The summed E-state index contributed by atoms with van der Waals surface area (Å²) in [6.45, 7) is 5.84. The molecule has 0 saturated heterocycles. The number of benzene rings is 1. The second-order valence-corrected chi connectivity index (χ2v) is 7.65. The van der Waals surface area contributed by atoms with E-state index in [1.807, 2.05) is 37.5 Å². The van der Waals surface area contributed by atoms with Gasteiger partial charge < -0.3 is 14.0 Å². The minimum absolute atomic E-state index is 0.0809. The number of carbonyl (C=O) groups excluding carboxylic acids is 2. The lowest BCUT2D eigenvalue weighted by Gasteiger charge is -2.17. The van der Waals surface area contributed by atoms with Crippen LogP contribution >= 0.6 is 0 Å². The summed E-state index contributed by atoms with van der Waals surface area (Å²) in [7, 11) is 3.11. The number of fused-ring (bicyclic) bond motifs is 1. The van der Waals surface area contributed by atoms with Crippen LogP contribution < -0.4 is 9.47 Å². The molecule has 0 N–H and O–H groups in total. The van der Waals surface area contributed by atoms with E-state index in [-0.39, 0.29) is 18.1 Å². The van der Waals surface area contributed by atoms with E-state index < -0.39 is 5.41 Å². The van der Waals surface area contributed by atoms with Crippen molar-refractivity contribution < 1.29 is 19.1 Å². The highest BCUT2D eigenvalue weighted by Crippen LogP contribution is 2.29. The molecule has 3 aromatic rings. The molecule has 0 aliphatic heterocycles. The molecule has 0 unspecified atom stereocenters. The van der Waals surface area contributed by atoms with Crippen molar-refractivity contribution in [2.75, 3.05) is 14.2 Å². The molecule has 0 atom stereocenters. The number of hydrogen-bond donors (Lipinski definition) is 0. The lowest BCUT2D eigenvalue weighted by molar-refractivity contribution is -0.126. The highest BCUT2D eigenvalue weighted by atomic mass is 16.5. The van der Waals surface area contributed by atoms with Crippen LogP contribution in [0.3, 0.4) is 0 Å². The van der Waals surface area contributed by atoms with Crippen LogP contribution in [0.5, 0.6) is 11.6 Å². The largest absolute Gasteiger partial charge is 0.497 e. The van der Waals surface area contributed by atoms with Crippen LogP contribution in [0.1, 0.15) is 36.7 Å². The Hall–Kier alpha value is -3.15. The summed E-state index contributed by atoms with van der Waals surface area (Å²) in [5.74, 6) is 1.03. The smallest absolute Gasteiger partial charge is 0.212 e. The van der Waals surface area contributed by atoms with E-state index in [1.54, 1.807) is 31.5 Å². The Morgan fingerprint density at radius 2 is 1.82 bits per heavy atom. The second kappa shape index (κ2) is 7.46. The number of nitrogens with zero attached hydrogens (tertiary/aromatic N) is 2. The number of ether oxygens (including phenoxy) is 2. The highest BCUT2D eigenvalue weighted by Gasteiger charge is 2.24. The zero-order chi connectivity index (χ0) is 20.5. The third-order valence-electron chi connectivity index (χ3n) is 4.69. The van der Waals surface area contributed by atoms with Crippen molar-refractivity contribution in [2.24, 2.45) is 5.41 Å². The van der Waals surface area contributed by atoms with Crippen molar-refractivity contribution >= 4 is 22.5 Å². The molecule has 0 spiro atoms. The number of carbonyl (C=O) groups is 2. The predicted molar refractivity (Wildman–Crippen MR) is 107 cm³/mol. The van der Waals surface area contributed by atoms with E-state index in [9.17, 15) is 9.59 Å². The first-order valence-corrected chi connectivity index (χ1v) is 8.99. The Bertz CT molecular complexity index is 1030. The zero-order valence-corrected chi connectivity index (χ0v) is 16.8. The minimum atomic E-state index is -0.473. The lowest BCUT2D eigenvalue weighted by Crippen LogP contribution is -2.24. The van der Waals surface area contributed by atoms with Gasteiger partial charge in [-0.2, -0.15) is 0 Å². The van der Waals surface area contributed by atoms with E-state index in [0.29, 0.717) is 22.8 Å². The number of rotatable bonds is 6. The van der Waals surface area contributed by atoms with Gasteiger partial charge in [-0.05, 0) is 18.2 Å². The second-order valence-electron chi connectivity index (χ2n) is 7.65. The summed E-state index contributed by atoms with van der Waals surface area (Å²) >= 11 is 0. The number of Topliss-reactive ketones (excluding diaryl/α,β-unsaturated/α-hetero) is 1. The molecule has 0 radical (unpaired) electrons. The van der Waals surface area contributed by atoms with Crippen LogP contribution in [0.15, 0.2) is 42.7 Å². The molecule has 2 heterocycles. The molecule has 0 saturated carbocycles. The monoisotopic (exact) mass is 380 g/mol. The van der Waals surface area contributed by atoms with E-state index >= 15 is 0 Å². The summed E-state index contributed by atoms with van der Waals surface area (Å²) in [5, 5.41) is 0.767. The molecule has 6 heteroatoms. The van der Waals surface area contributed by atoms with Crippen molar-refractivity contribution in [1.82, 2.24) is 9.55 Å². The van der Waals surface area contributed by atoms with Gasteiger partial charge in [0, 0.05) is 46.5 Å². The van der Waals surface area contributed by atoms with Gasteiger partial charge in [-0.3, -0.25) is 9.59 Å². The van der Waals surface area contributed by atoms with Gasteiger partial charge in [-0.1, -0.05) is 20.8 Å². The number of pyridine rings is 1.